The Morgan fingerprint density at radius 2 is 2.00 bits per heavy atom. The van der Waals surface area contributed by atoms with Crippen LogP contribution in [0, 0.1) is 0 Å². The number of likely N-dealkylation sites (N-methyl/N-ethyl adjacent to an activating group) is 1. The molecule has 0 heterocycles. The van der Waals surface area contributed by atoms with E-state index in [1.807, 2.05) is 17.9 Å². The first kappa shape index (κ1) is 14.8. The highest BCUT2D eigenvalue weighted by Crippen LogP contribution is 1.93. The molecule has 0 aliphatic rings. The molecule has 0 unspecified atom stereocenters. The van der Waals surface area contributed by atoms with Gasteiger partial charge in [-0.25, -0.2) is 0 Å². The molecule has 0 saturated heterocycles. The van der Waals surface area contributed by atoms with Gasteiger partial charge in [-0.15, -0.1) is 0 Å². The Bertz CT molecular complexity index is 249. The number of allylic oxidation sites excluding steroid dienone is 1. The van der Waals surface area contributed by atoms with Gasteiger partial charge in [-0.05, 0) is 19.0 Å². The van der Waals surface area contributed by atoms with E-state index in [9.17, 15) is 9.59 Å². The van der Waals surface area contributed by atoms with Gasteiger partial charge in [-0.2, -0.15) is 0 Å². The normalized spacial score (nSPS) is 11.0. The lowest BCUT2D eigenvalue weighted by Gasteiger charge is -2.18. The standard InChI is InChI=1S/C12H22N2O2/c1-4-8-14(10-12(16)13-3)9-6-7-11(15)5-2/h6-7H,4-5,8-10H2,1-3H3,(H,13,16)/b7-6+. The van der Waals surface area contributed by atoms with Crippen LogP contribution in [0.15, 0.2) is 12.2 Å². The van der Waals surface area contributed by atoms with Crippen molar-refractivity contribution in [1.29, 1.82) is 0 Å². The number of nitrogens with one attached hydrogen (secondary N) is 1. The van der Waals surface area contributed by atoms with Gasteiger partial charge in [0.2, 0.25) is 5.91 Å². The zero-order valence-electron chi connectivity index (χ0n) is 10.5. The van der Waals surface area contributed by atoms with Gasteiger partial charge in [0.25, 0.3) is 0 Å². The molecule has 0 aliphatic heterocycles. The van der Waals surface area contributed by atoms with E-state index in [0.717, 1.165) is 13.0 Å². The molecule has 0 aliphatic carbocycles. The van der Waals surface area contributed by atoms with Crippen LogP contribution in [0.1, 0.15) is 26.7 Å². The quantitative estimate of drug-likeness (QED) is 0.628. The third-order valence-electron chi connectivity index (χ3n) is 2.20. The van der Waals surface area contributed by atoms with Crippen molar-refractivity contribution in [2.75, 3.05) is 26.7 Å². The predicted molar refractivity (Wildman–Crippen MR) is 65.2 cm³/mol. The summed E-state index contributed by atoms with van der Waals surface area (Å²) in [5.41, 5.74) is 0. The first-order chi connectivity index (χ1) is 7.63. The first-order valence-corrected chi connectivity index (χ1v) is 5.76. The van der Waals surface area contributed by atoms with Crippen molar-refractivity contribution in [2.24, 2.45) is 0 Å². The number of hydrogen-bond donors (Lipinski definition) is 1. The first-order valence-electron chi connectivity index (χ1n) is 5.76. The summed E-state index contributed by atoms with van der Waals surface area (Å²) in [5.74, 6) is 0.125. The minimum atomic E-state index is 0.00340. The molecule has 0 bridgehead atoms. The van der Waals surface area contributed by atoms with Crippen molar-refractivity contribution < 1.29 is 9.59 Å². The van der Waals surface area contributed by atoms with Crippen LogP contribution in [0.2, 0.25) is 0 Å². The zero-order chi connectivity index (χ0) is 12.4. The molecular formula is C12H22N2O2. The third-order valence-corrected chi connectivity index (χ3v) is 2.20. The van der Waals surface area contributed by atoms with Gasteiger partial charge < -0.3 is 5.32 Å². The summed E-state index contributed by atoms with van der Waals surface area (Å²) in [5, 5.41) is 2.59. The molecule has 0 rings (SSSR count). The number of ketones is 1. The molecule has 4 heteroatoms. The third kappa shape index (κ3) is 7.17. The van der Waals surface area contributed by atoms with Crippen molar-refractivity contribution in [1.82, 2.24) is 10.2 Å². The maximum Gasteiger partial charge on any atom is 0.233 e. The number of nitrogens with zero attached hydrogens (tertiary/aromatic N) is 1. The van der Waals surface area contributed by atoms with Crippen LogP contribution in [0.3, 0.4) is 0 Å². The Labute approximate surface area is 97.7 Å². The molecule has 1 N–H and O–H groups in total. The lowest BCUT2D eigenvalue weighted by molar-refractivity contribution is -0.121. The van der Waals surface area contributed by atoms with Gasteiger partial charge in [0.15, 0.2) is 5.78 Å². The van der Waals surface area contributed by atoms with Gasteiger partial charge in [-0.3, -0.25) is 14.5 Å². The fraction of sp³-hybridized carbons (Fsp3) is 0.667. The highest BCUT2D eigenvalue weighted by Gasteiger charge is 2.06. The minimum absolute atomic E-state index is 0.00340. The molecule has 0 aromatic rings. The highest BCUT2D eigenvalue weighted by molar-refractivity contribution is 5.89. The Morgan fingerprint density at radius 1 is 1.31 bits per heavy atom. The summed E-state index contributed by atoms with van der Waals surface area (Å²) in [6, 6.07) is 0. The molecule has 0 fully saturated rings. The van der Waals surface area contributed by atoms with Crippen molar-refractivity contribution in [3.8, 4) is 0 Å². The summed E-state index contributed by atoms with van der Waals surface area (Å²) >= 11 is 0. The van der Waals surface area contributed by atoms with Crippen molar-refractivity contribution in [3.05, 3.63) is 12.2 Å². The smallest absolute Gasteiger partial charge is 0.233 e. The Morgan fingerprint density at radius 3 is 2.50 bits per heavy atom. The summed E-state index contributed by atoms with van der Waals surface area (Å²) in [6.07, 6.45) is 4.93. The second-order valence-electron chi connectivity index (χ2n) is 3.63. The Kier molecular flexibility index (Phi) is 8.43. The number of hydrogen-bond acceptors (Lipinski definition) is 3. The zero-order valence-corrected chi connectivity index (χ0v) is 10.5. The van der Waals surface area contributed by atoms with Crippen LogP contribution in [-0.4, -0.2) is 43.3 Å². The Balaban J connectivity index is 4.07. The van der Waals surface area contributed by atoms with Gasteiger partial charge in [0.1, 0.15) is 0 Å². The number of rotatable bonds is 8. The molecular weight excluding hydrogens is 204 g/mol. The maximum absolute atomic E-state index is 11.2. The highest BCUT2D eigenvalue weighted by atomic mass is 16.2. The molecule has 0 aromatic heterocycles. The Hall–Kier alpha value is -1.16. The van der Waals surface area contributed by atoms with Gasteiger partial charge in [0.05, 0.1) is 6.54 Å². The fourth-order valence-electron chi connectivity index (χ4n) is 1.28. The van der Waals surface area contributed by atoms with Crippen molar-refractivity contribution >= 4 is 11.7 Å². The van der Waals surface area contributed by atoms with Gasteiger partial charge in [-0.1, -0.05) is 19.9 Å². The van der Waals surface area contributed by atoms with E-state index < -0.39 is 0 Å². The van der Waals surface area contributed by atoms with E-state index in [1.165, 1.54) is 0 Å². The summed E-state index contributed by atoms with van der Waals surface area (Å²) in [7, 11) is 1.63. The van der Waals surface area contributed by atoms with Gasteiger partial charge in [0, 0.05) is 20.0 Å². The van der Waals surface area contributed by atoms with Crippen molar-refractivity contribution in [2.45, 2.75) is 26.7 Å². The summed E-state index contributed by atoms with van der Waals surface area (Å²) in [4.78, 5) is 24.3. The average Bonchev–Trinajstić information content (AvgIpc) is 2.28. The monoisotopic (exact) mass is 226 g/mol. The van der Waals surface area contributed by atoms with E-state index in [1.54, 1.807) is 13.1 Å². The maximum atomic E-state index is 11.2. The number of amides is 1. The van der Waals surface area contributed by atoms with Crippen LogP contribution >= 0.6 is 0 Å². The predicted octanol–water partition coefficient (Wildman–Crippen LogP) is 0.980. The lowest BCUT2D eigenvalue weighted by Crippen LogP contribution is -2.36. The molecule has 0 saturated carbocycles. The topological polar surface area (TPSA) is 49.4 Å². The van der Waals surface area contributed by atoms with E-state index in [-0.39, 0.29) is 11.7 Å². The average molecular weight is 226 g/mol. The molecule has 16 heavy (non-hydrogen) atoms. The van der Waals surface area contributed by atoms with E-state index in [0.29, 0.717) is 19.5 Å². The second-order valence-corrected chi connectivity index (χ2v) is 3.63. The molecule has 0 aromatic carbocycles. The van der Waals surface area contributed by atoms with Crippen LogP contribution in [0.5, 0.6) is 0 Å². The van der Waals surface area contributed by atoms with Crippen molar-refractivity contribution in [3.63, 3.8) is 0 Å². The van der Waals surface area contributed by atoms with E-state index in [4.69, 9.17) is 0 Å². The van der Waals surface area contributed by atoms with E-state index in [2.05, 4.69) is 12.2 Å². The fourth-order valence-corrected chi connectivity index (χ4v) is 1.28. The summed E-state index contributed by atoms with van der Waals surface area (Å²) in [6.45, 7) is 5.79. The van der Waals surface area contributed by atoms with Crippen LogP contribution in [-0.2, 0) is 9.59 Å². The number of carbonyl (C=O) groups is 2. The molecule has 92 valence electrons. The molecule has 0 radical (unpaired) electrons. The molecule has 0 spiro atoms. The minimum Gasteiger partial charge on any atom is -0.358 e. The largest absolute Gasteiger partial charge is 0.358 e. The van der Waals surface area contributed by atoms with Crippen LogP contribution in [0.4, 0.5) is 0 Å². The second kappa shape index (κ2) is 9.09. The number of carbonyl (C=O) groups excluding carboxylic acids is 2. The molecule has 4 nitrogen and oxygen atoms in total. The molecule has 0 atom stereocenters. The summed E-state index contributed by atoms with van der Waals surface area (Å²) < 4.78 is 0. The molecule has 1 amide bonds. The lowest BCUT2D eigenvalue weighted by atomic mass is 10.3. The SMILES string of the molecule is CCCN(C/C=C/C(=O)CC)CC(=O)NC. The van der Waals surface area contributed by atoms with Gasteiger partial charge >= 0.3 is 0 Å². The van der Waals surface area contributed by atoms with E-state index >= 15 is 0 Å². The van der Waals surface area contributed by atoms with Crippen LogP contribution < -0.4 is 5.32 Å². The van der Waals surface area contributed by atoms with Crippen LogP contribution in [0.25, 0.3) is 0 Å².